The van der Waals surface area contributed by atoms with Crippen molar-refractivity contribution in [3.63, 3.8) is 0 Å². The highest BCUT2D eigenvalue weighted by molar-refractivity contribution is 15.0. The minimum absolute atomic E-state index is 0. The minimum atomic E-state index is -4.33. The van der Waals surface area contributed by atoms with E-state index >= 15 is 17.6 Å². The average Bonchev–Trinajstić information content (AvgIpc) is 3.78. The average molecular weight is 1400 g/mol. The van der Waals surface area contributed by atoms with Gasteiger partial charge in [0.2, 0.25) is 11.2 Å². The summed E-state index contributed by atoms with van der Waals surface area (Å²) >= 11 is 13.9. The van der Waals surface area contributed by atoms with Crippen molar-refractivity contribution >= 4 is 97.2 Å². The molecule has 0 aliphatic heterocycles. The molecule has 3 heterocycles. The van der Waals surface area contributed by atoms with E-state index in [2.05, 4.69) is 57.3 Å². The SMILES string of the molecule is I.II.N#Cc1ccc(Oc2ccc(C(F)(F)C(O)(CN(NC=O)C(N)=S)c3ccc(F)cc3F)nc2)cc1.N#Cc1ccc(Oc2ccc(C(F)(F)C(O)(Cn3[nH]cnc3=S)c3ccc(F)cc3F)nc2)cc1. The van der Waals surface area contributed by atoms with Crippen LogP contribution in [0.2, 0.25) is 0 Å². The number of nitrogens with zero attached hydrogens (tertiary/aromatic N) is 7. The number of carbonyl (C=O) groups is 1. The van der Waals surface area contributed by atoms with Gasteiger partial charge in [-0.25, -0.2) is 22.5 Å². The normalized spacial score (nSPS) is 12.5. The van der Waals surface area contributed by atoms with Gasteiger partial charge in [0, 0.05) is 60.5 Å². The molecule has 0 aliphatic rings. The molecule has 2 atom stereocenters. The molecule has 7 aromatic rings. The lowest BCUT2D eigenvalue weighted by Crippen LogP contribution is -2.58. The van der Waals surface area contributed by atoms with Crippen LogP contribution in [-0.4, -0.2) is 58.0 Å². The minimum Gasteiger partial charge on any atom is -0.456 e. The predicted molar refractivity (Wildman–Crippen MR) is 283 cm³/mol. The Morgan fingerprint density at radius 1 is 0.730 bits per heavy atom. The van der Waals surface area contributed by atoms with E-state index in [0.29, 0.717) is 51.9 Å². The number of aromatic amines is 1. The van der Waals surface area contributed by atoms with E-state index in [1.807, 2.05) is 17.6 Å². The van der Waals surface area contributed by atoms with E-state index in [1.165, 1.54) is 54.6 Å². The number of H-pyrrole nitrogens is 1. The number of rotatable bonds is 16. The lowest BCUT2D eigenvalue weighted by Gasteiger charge is -2.39. The number of amides is 1. The predicted octanol–water partition coefficient (Wildman–Crippen LogP) is 10.6. The van der Waals surface area contributed by atoms with E-state index in [9.17, 15) is 32.6 Å². The van der Waals surface area contributed by atoms with Gasteiger partial charge < -0.3 is 25.4 Å². The summed E-state index contributed by atoms with van der Waals surface area (Å²) in [5.41, 5.74) is -2.26. The summed E-state index contributed by atoms with van der Waals surface area (Å²) in [6.07, 6.45) is 3.13. The van der Waals surface area contributed by atoms with Crippen LogP contribution < -0.4 is 20.6 Å². The molecular formula is C46H33F8I3N10O5S2. The molecule has 0 fully saturated rings. The number of ether oxygens (including phenoxy) is 2. The molecule has 6 N–H and O–H groups in total. The smallest absolute Gasteiger partial charge is 0.323 e. The number of halogens is 11. The van der Waals surface area contributed by atoms with Crippen molar-refractivity contribution in [1.29, 1.82) is 10.5 Å². The Labute approximate surface area is 465 Å². The first-order valence-electron chi connectivity index (χ1n) is 20.1. The number of hydrogen-bond acceptors (Lipinski definition) is 12. The molecule has 3 aromatic heterocycles. The van der Waals surface area contributed by atoms with Crippen molar-refractivity contribution in [3.05, 3.63) is 190 Å². The van der Waals surface area contributed by atoms with Gasteiger partial charge in [-0.15, -0.1) is 24.0 Å². The van der Waals surface area contributed by atoms with Crippen molar-refractivity contribution in [2.24, 2.45) is 5.73 Å². The van der Waals surface area contributed by atoms with E-state index < -0.39 is 87.0 Å². The molecule has 74 heavy (non-hydrogen) atoms. The van der Waals surface area contributed by atoms with Crippen LogP contribution >= 0.6 is 85.6 Å². The quantitative estimate of drug-likeness (QED) is 0.0200. The Kier molecular flexibility index (Phi) is 21.5. The maximum absolute atomic E-state index is 15.8. The van der Waals surface area contributed by atoms with E-state index in [1.54, 1.807) is 0 Å². The maximum Gasteiger partial charge on any atom is 0.323 e. The molecule has 0 radical (unpaired) electrons. The first kappa shape index (κ1) is 60.4. The highest BCUT2D eigenvalue weighted by atomic mass is 128. The number of nitrogens with two attached hydrogens (primary N) is 1. The van der Waals surface area contributed by atoms with Crippen LogP contribution in [-0.2, 0) is 34.4 Å². The van der Waals surface area contributed by atoms with Crippen LogP contribution in [0.25, 0.3) is 0 Å². The summed E-state index contributed by atoms with van der Waals surface area (Å²) in [5, 5.41) is 42.5. The standard InChI is InChI=1S/C23H17F4N5O3S.C23H15F4N5O2S.I2.HI/c24-15-3-7-18(19(25)9-15)22(34,12-32(21(29)36)31-13-33)23(26,27)20-8-6-17(11-30-20)35-16-4-1-14(10-28)2-5-16;24-15-3-7-18(19(25)9-15)22(33,12-32-21(35)30-13-31-32)23(26,27)20-8-6-17(11-29-20)34-16-4-1-14(10-28)2-5-16;1-2;/h1-9,11,13,34H,12H2,(H2,29,36)(H,31,33);1-9,11,13,33H,12H2,(H,30,31,35);;1H. The Hall–Kier alpha value is -6.17. The summed E-state index contributed by atoms with van der Waals surface area (Å²) in [5.74, 6) is -12.7. The molecule has 0 saturated heterocycles. The lowest BCUT2D eigenvalue weighted by molar-refractivity contribution is -0.207. The summed E-state index contributed by atoms with van der Waals surface area (Å²) in [7, 11) is 0. The van der Waals surface area contributed by atoms with Crippen molar-refractivity contribution in [2.75, 3.05) is 6.54 Å². The first-order valence-corrected chi connectivity index (χ1v) is 27.2. The van der Waals surface area contributed by atoms with Crippen molar-refractivity contribution in [1.82, 2.24) is 35.2 Å². The van der Waals surface area contributed by atoms with Crippen LogP contribution in [0.4, 0.5) is 35.1 Å². The number of carbonyl (C=O) groups excluding carboxylic acids is 1. The molecule has 1 amide bonds. The van der Waals surface area contributed by atoms with E-state index in [0.717, 1.165) is 53.7 Å². The number of hydrogen-bond donors (Lipinski definition) is 5. The van der Waals surface area contributed by atoms with Gasteiger partial charge in [-0.05, 0) is 121 Å². The monoisotopic (exact) mass is 1400 g/mol. The fourth-order valence-electron chi connectivity index (χ4n) is 6.60. The molecule has 386 valence electrons. The van der Waals surface area contributed by atoms with Crippen LogP contribution in [0.5, 0.6) is 23.0 Å². The van der Waals surface area contributed by atoms with Gasteiger partial charge in [0.15, 0.2) is 16.3 Å². The summed E-state index contributed by atoms with van der Waals surface area (Å²) in [6.45, 7) is -2.16. The fraction of sp³-hybridized carbons (Fsp3) is 0.130. The second kappa shape index (κ2) is 26.4. The molecule has 0 spiro atoms. The number of aliphatic hydroxyl groups is 2. The third-order valence-electron chi connectivity index (χ3n) is 10.2. The number of pyridine rings is 2. The number of alkyl halides is 4. The van der Waals surface area contributed by atoms with Crippen LogP contribution in [0.1, 0.15) is 33.6 Å². The highest BCUT2D eigenvalue weighted by Crippen LogP contribution is 2.48. The number of hydrazine groups is 1. The summed E-state index contributed by atoms with van der Waals surface area (Å²) in [4.78, 5) is 22.0. The van der Waals surface area contributed by atoms with Gasteiger partial charge in [0.1, 0.15) is 64.0 Å². The van der Waals surface area contributed by atoms with Crippen LogP contribution in [0.3, 0.4) is 0 Å². The number of aromatic nitrogens is 5. The van der Waals surface area contributed by atoms with Crippen molar-refractivity contribution < 1.29 is 59.6 Å². The Bertz CT molecular complexity index is 3190. The van der Waals surface area contributed by atoms with Crippen LogP contribution in [0, 0.1) is 50.7 Å². The molecule has 15 nitrogen and oxygen atoms in total. The largest absolute Gasteiger partial charge is 0.456 e. The van der Waals surface area contributed by atoms with Gasteiger partial charge in [-0.3, -0.25) is 35.0 Å². The second-order valence-electron chi connectivity index (χ2n) is 14.8. The first-order chi connectivity index (χ1) is 34.6. The topological polar surface area (TPSA) is 224 Å². The Morgan fingerprint density at radius 3 is 1.50 bits per heavy atom. The zero-order valence-corrected chi connectivity index (χ0v) is 45.2. The van der Waals surface area contributed by atoms with Gasteiger partial charge in [-0.2, -0.15) is 28.1 Å². The van der Waals surface area contributed by atoms with E-state index in [-0.39, 0.29) is 46.7 Å². The van der Waals surface area contributed by atoms with Crippen LogP contribution in [0.15, 0.2) is 128 Å². The van der Waals surface area contributed by atoms with E-state index in [4.69, 9.17) is 50.2 Å². The van der Waals surface area contributed by atoms with Gasteiger partial charge in [0.05, 0.1) is 48.7 Å². The molecule has 0 bridgehead atoms. The zero-order valence-electron chi connectivity index (χ0n) is 36.9. The van der Waals surface area contributed by atoms with Gasteiger partial charge in [0.25, 0.3) is 0 Å². The third-order valence-corrected chi connectivity index (χ3v) is 10.8. The van der Waals surface area contributed by atoms with Crippen molar-refractivity contribution in [2.45, 2.75) is 29.6 Å². The highest BCUT2D eigenvalue weighted by Gasteiger charge is 2.59. The Balaban J connectivity index is 0.000000306. The molecule has 28 heteroatoms. The number of benzene rings is 4. The number of nitrogens with one attached hydrogen (secondary N) is 2. The molecule has 2 unspecified atom stereocenters. The number of thiocarbonyl (C=S) groups is 1. The summed E-state index contributed by atoms with van der Waals surface area (Å²) < 4.78 is 131. The Morgan fingerprint density at radius 2 is 1.15 bits per heavy atom. The molecule has 0 aliphatic carbocycles. The molecule has 4 aromatic carbocycles. The third kappa shape index (κ3) is 14.0. The fourth-order valence-corrected chi connectivity index (χ4v) is 6.89. The zero-order chi connectivity index (χ0) is 53.7. The lowest BCUT2D eigenvalue weighted by atomic mass is 9.84. The molecular weight excluding hydrogens is 1370 g/mol. The molecule has 0 saturated carbocycles. The maximum atomic E-state index is 15.8. The van der Waals surface area contributed by atoms with Gasteiger partial charge >= 0.3 is 11.8 Å². The van der Waals surface area contributed by atoms with Crippen molar-refractivity contribution in [3.8, 4) is 35.1 Å². The molecule has 7 rings (SSSR count). The van der Waals surface area contributed by atoms with Gasteiger partial charge in [-0.1, -0.05) is 0 Å². The second-order valence-corrected chi connectivity index (χ2v) is 15.6. The number of nitriles is 2. The summed E-state index contributed by atoms with van der Waals surface area (Å²) in [6, 6.07) is 23.5.